The predicted molar refractivity (Wildman–Crippen MR) is 65.3 cm³/mol. The normalized spacial score (nSPS) is 10.6. The molecule has 92 valence electrons. The van der Waals surface area contributed by atoms with Crippen molar-refractivity contribution in [1.29, 1.82) is 5.26 Å². The van der Waals surface area contributed by atoms with E-state index >= 15 is 0 Å². The van der Waals surface area contributed by atoms with Crippen LogP contribution < -0.4 is 9.46 Å². The average molecular weight is 254 g/mol. The van der Waals surface area contributed by atoms with Crippen LogP contribution in [-0.2, 0) is 10.0 Å². The van der Waals surface area contributed by atoms with Crippen LogP contribution in [0.15, 0.2) is 24.3 Å². The Morgan fingerprint density at radius 2 is 2.00 bits per heavy atom. The smallest absolute Gasteiger partial charge is 0.232 e. The first-order chi connectivity index (χ1) is 8.07. The second-order valence-corrected chi connectivity index (χ2v) is 5.23. The molecule has 0 atom stereocenters. The fourth-order valence-electron chi connectivity index (χ4n) is 1.23. The molecule has 0 aromatic heterocycles. The minimum Gasteiger partial charge on any atom is -0.479 e. The Labute approximate surface area is 101 Å². The number of hydrogen-bond donors (Lipinski definition) is 1. The van der Waals surface area contributed by atoms with Crippen LogP contribution >= 0.6 is 0 Å². The lowest BCUT2D eigenvalue weighted by Crippen LogP contribution is -2.15. The lowest BCUT2D eigenvalue weighted by Gasteiger charge is -2.07. The molecule has 1 N–H and O–H groups in total. The molecule has 0 heterocycles. The van der Waals surface area contributed by atoms with Crippen molar-refractivity contribution < 1.29 is 13.2 Å². The molecule has 5 nitrogen and oxygen atoms in total. The molecular weight excluding hydrogens is 240 g/mol. The van der Waals surface area contributed by atoms with Crippen molar-refractivity contribution >= 4 is 15.7 Å². The van der Waals surface area contributed by atoms with Gasteiger partial charge in [0.1, 0.15) is 11.8 Å². The standard InChI is InChI=1S/C11H14N2O3S/c1-2-9-17(14,15)13-10-3-5-11(6-4-10)16-8-7-12/h3-6,13H,2,8-9H2,1H3. The van der Waals surface area contributed by atoms with E-state index in [4.69, 9.17) is 10.00 Å². The van der Waals surface area contributed by atoms with Gasteiger partial charge in [-0.05, 0) is 30.7 Å². The molecule has 0 aliphatic rings. The molecule has 0 unspecified atom stereocenters. The van der Waals surface area contributed by atoms with Gasteiger partial charge in [0.05, 0.1) is 5.75 Å². The Hall–Kier alpha value is -1.74. The van der Waals surface area contributed by atoms with Crippen molar-refractivity contribution in [2.24, 2.45) is 0 Å². The van der Waals surface area contributed by atoms with Crippen molar-refractivity contribution in [3.05, 3.63) is 24.3 Å². The van der Waals surface area contributed by atoms with Gasteiger partial charge in [-0.2, -0.15) is 5.26 Å². The highest BCUT2D eigenvalue weighted by Gasteiger charge is 2.08. The number of hydrogen-bond acceptors (Lipinski definition) is 4. The minimum absolute atomic E-state index is 0.0269. The highest BCUT2D eigenvalue weighted by atomic mass is 32.2. The van der Waals surface area contributed by atoms with Gasteiger partial charge in [-0.1, -0.05) is 6.92 Å². The van der Waals surface area contributed by atoms with Gasteiger partial charge >= 0.3 is 0 Å². The maximum Gasteiger partial charge on any atom is 0.232 e. The quantitative estimate of drug-likeness (QED) is 0.838. The SMILES string of the molecule is CCCS(=O)(=O)Nc1ccc(OCC#N)cc1. The molecule has 6 heteroatoms. The Bertz CT molecular complexity index is 488. The number of nitrogens with one attached hydrogen (secondary N) is 1. The fraction of sp³-hybridized carbons (Fsp3) is 0.364. The number of nitriles is 1. The molecule has 0 saturated carbocycles. The number of benzene rings is 1. The molecule has 1 rings (SSSR count). The highest BCUT2D eigenvalue weighted by Crippen LogP contribution is 2.16. The number of nitrogens with zero attached hydrogens (tertiary/aromatic N) is 1. The van der Waals surface area contributed by atoms with Crippen molar-refractivity contribution in [1.82, 2.24) is 0 Å². The minimum atomic E-state index is -3.26. The number of sulfonamides is 1. The summed E-state index contributed by atoms with van der Waals surface area (Å²) in [5.74, 6) is 0.629. The maximum atomic E-state index is 11.5. The van der Waals surface area contributed by atoms with E-state index in [1.165, 1.54) is 0 Å². The van der Waals surface area contributed by atoms with Gasteiger partial charge in [-0.15, -0.1) is 0 Å². The molecule has 0 amide bonds. The monoisotopic (exact) mass is 254 g/mol. The van der Waals surface area contributed by atoms with Gasteiger partial charge in [0.2, 0.25) is 10.0 Å². The summed E-state index contributed by atoms with van der Waals surface area (Å²) >= 11 is 0. The van der Waals surface area contributed by atoms with Crippen LogP contribution in [0.2, 0.25) is 0 Å². The molecule has 17 heavy (non-hydrogen) atoms. The molecule has 1 aromatic rings. The van der Waals surface area contributed by atoms with E-state index in [0.29, 0.717) is 17.9 Å². The van der Waals surface area contributed by atoms with Crippen LogP contribution in [0.25, 0.3) is 0 Å². The van der Waals surface area contributed by atoms with Crippen LogP contribution in [0.4, 0.5) is 5.69 Å². The van der Waals surface area contributed by atoms with E-state index in [2.05, 4.69) is 4.72 Å². The Morgan fingerprint density at radius 1 is 1.35 bits per heavy atom. The van der Waals surface area contributed by atoms with E-state index in [1.54, 1.807) is 31.2 Å². The van der Waals surface area contributed by atoms with Gasteiger partial charge in [0.25, 0.3) is 0 Å². The Balaban J connectivity index is 2.66. The first-order valence-corrected chi connectivity index (χ1v) is 6.83. The second-order valence-electron chi connectivity index (χ2n) is 3.39. The Kier molecular flexibility index (Phi) is 4.79. The highest BCUT2D eigenvalue weighted by molar-refractivity contribution is 7.92. The van der Waals surface area contributed by atoms with Gasteiger partial charge in [-0.25, -0.2) is 8.42 Å². The van der Waals surface area contributed by atoms with Crippen LogP contribution in [0, 0.1) is 11.3 Å². The third kappa shape index (κ3) is 4.74. The maximum absolute atomic E-state index is 11.5. The number of rotatable bonds is 6. The summed E-state index contributed by atoms with van der Waals surface area (Å²) in [6, 6.07) is 8.27. The van der Waals surface area contributed by atoms with Gasteiger partial charge in [0, 0.05) is 5.69 Å². The first-order valence-electron chi connectivity index (χ1n) is 5.17. The molecule has 0 bridgehead atoms. The van der Waals surface area contributed by atoms with E-state index < -0.39 is 10.0 Å². The predicted octanol–water partition coefficient (Wildman–Crippen LogP) is 1.74. The zero-order valence-electron chi connectivity index (χ0n) is 9.51. The molecule has 0 aliphatic heterocycles. The van der Waals surface area contributed by atoms with Crippen molar-refractivity contribution in [3.63, 3.8) is 0 Å². The molecular formula is C11H14N2O3S. The lowest BCUT2D eigenvalue weighted by atomic mass is 10.3. The zero-order chi connectivity index (χ0) is 12.7. The number of ether oxygens (including phenoxy) is 1. The van der Waals surface area contributed by atoms with Gasteiger partial charge in [-0.3, -0.25) is 4.72 Å². The van der Waals surface area contributed by atoms with E-state index in [9.17, 15) is 8.42 Å². The Morgan fingerprint density at radius 3 is 2.53 bits per heavy atom. The van der Waals surface area contributed by atoms with Crippen LogP contribution in [0.5, 0.6) is 5.75 Å². The molecule has 0 aliphatic carbocycles. The molecule has 0 radical (unpaired) electrons. The van der Waals surface area contributed by atoms with Crippen molar-refractivity contribution in [3.8, 4) is 11.8 Å². The van der Waals surface area contributed by atoms with Crippen molar-refractivity contribution in [2.75, 3.05) is 17.1 Å². The van der Waals surface area contributed by atoms with E-state index in [-0.39, 0.29) is 12.4 Å². The van der Waals surface area contributed by atoms with Crippen LogP contribution in [0.3, 0.4) is 0 Å². The summed E-state index contributed by atoms with van der Waals surface area (Å²) in [5.41, 5.74) is 0.489. The third-order valence-corrected chi connectivity index (χ3v) is 3.40. The van der Waals surface area contributed by atoms with Crippen molar-refractivity contribution in [2.45, 2.75) is 13.3 Å². The first kappa shape index (κ1) is 13.3. The van der Waals surface area contributed by atoms with E-state index in [1.807, 2.05) is 6.07 Å². The molecule has 0 fully saturated rings. The van der Waals surface area contributed by atoms with E-state index in [0.717, 1.165) is 0 Å². The second kappa shape index (κ2) is 6.11. The van der Waals surface area contributed by atoms with Gasteiger partial charge < -0.3 is 4.74 Å². The van der Waals surface area contributed by atoms with Crippen LogP contribution in [-0.4, -0.2) is 20.8 Å². The van der Waals surface area contributed by atoms with Crippen LogP contribution in [0.1, 0.15) is 13.3 Å². The summed E-state index contributed by atoms with van der Waals surface area (Å²) in [6.45, 7) is 1.78. The topological polar surface area (TPSA) is 79.2 Å². The summed E-state index contributed by atoms with van der Waals surface area (Å²) in [6.07, 6.45) is 0.568. The molecule has 1 aromatic carbocycles. The largest absolute Gasteiger partial charge is 0.479 e. The third-order valence-electron chi connectivity index (χ3n) is 1.90. The molecule has 0 spiro atoms. The van der Waals surface area contributed by atoms with Gasteiger partial charge in [0.15, 0.2) is 6.61 Å². The average Bonchev–Trinajstić information content (AvgIpc) is 2.27. The molecule has 0 saturated heterocycles. The zero-order valence-corrected chi connectivity index (χ0v) is 10.3. The number of anilines is 1. The lowest BCUT2D eigenvalue weighted by molar-refractivity contribution is 0.368. The summed E-state index contributed by atoms with van der Waals surface area (Å²) in [7, 11) is -3.26. The summed E-state index contributed by atoms with van der Waals surface area (Å²) in [5, 5.41) is 8.33. The fourth-order valence-corrected chi connectivity index (χ4v) is 2.37. The summed E-state index contributed by atoms with van der Waals surface area (Å²) in [4.78, 5) is 0. The summed E-state index contributed by atoms with van der Waals surface area (Å²) < 4.78 is 30.4.